The quantitative estimate of drug-likeness (QED) is 0.583. The number of hydrogen-bond acceptors (Lipinski definition) is 4. The van der Waals surface area contributed by atoms with E-state index in [9.17, 15) is 9.59 Å². The van der Waals surface area contributed by atoms with Crippen LogP contribution < -0.4 is 16.2 Å². The highest BCUT2D eigenvalue weighted by atomic mass is 32.1. The molecule has 0 saturated heterocycles. The van der Waals surface area contributed by atoms with Gasteiger partial charge in [-0.2, -0.15) is 0 Å². The second-order valence-electron chi connectivity index (χ2n) is 4.72. The fraction of sp³-hybridized carbons (Fsp3) is 0.133. The van der Waals surface area contributed by atoms with Crippen molar-refractivity contribution < 1.29 is 9.59 Å². The van der Waals surface area contributed by atoms with Crippen LogP contribution in [0.5, 0.6) is 0 Å². The van der Waals surface area contributed by atoms with Crippen LogP contribution in [0, 0.1) is 13.8 Å². The van der Waals surface area contributed by atoms with E-state index in [1.165, 1.54) is 11.3 Å². The molecule has 114 valence electrons. The Bertz CT molecular complexity index is 691. The number of aryl methyl sites for hydroxylation is 2. The minimum Gasteiger partial charge on any atom is -0.298 e. The van der Waals surface area contributed by atoms with Crippen LogP contribution in [0.15, 0.2) is 35.7 Å². The molecule has 1 heterocycles. The van der Waals surface area contributed by atoms with E-state index in [2.05, 4.69) is 16.2 Å². The molecule has 0 saturated carbocycles. The van der Waals surface area contributed by atoms with Crippen molar-refractivity contribution >= 4 is 40.5 Å². The molecule has 2 aromatic rings. The predicted octanol–water partition coefficient (Wildman–Crippen LogP) is 2.31. The molecule has 0 aliphatic heterocycles. The number of amides is 2. The third-order valence-electron chi connectivity index (χ3n) is 2.75. The van der Waals surface area contributed by atoms with Gasteiger partial charge in [-0.3, -0.25) is 25.8 Å². The normalized spacial score (nSPS) is 9.91. The Hall–Kier alpha value is -2.25. The van der Waals surface area contributed by atoms with Gasteiger partial charge < -0.3 is 0 Å². The van der Waals surface area contributed by atoms with Crippen molar-refractivity contribution in [3.8, 4) is 0 Å². The molecule has 7 heteroatoms. The molecule has 1 aromatic heterocycles. The van der Waals surface area contributed by atoms with Gasteiger partial charge in [0, 0.05) is 5.56 Å². The van der Waals surface area contributed by atoms with Gasteiger partial charge in [-0.15, -0.1) is 11.3 Å². The summed E-state index contributed by atoms with van der Waals surface area (Å²) < 4.78 is 0. The lowest BCUT2D eigenvalue weighted by Crippen LogP contribution is -2.48. The molecule has 0 fully saturated rings. The first-order chi connectivity index (χ1) is 10.5. The van der Waals surface area contributed by atoms with Gasteiger partial charge >= 0.3 is 0 Å². The van der Waals surface area contributed by atoms with E-state index < -0.39 is 0 Å². The molecule has 0 bridgehead atoms. The summed E-state index contributed by atoms with van der Waals surface area (Å²) in [5.74, 6) is -0.632. The predicted molar refractivity (Wildman–Crippen MR) is 90.9 cm³/mol. The monoisotopic (exact) mass is 333 g/mol. The highest BCUT2D eigenvalue weighted by molar-refractivity contribution is 7.80. The molecule has 22 heavy (non-hydrogen) atoms. The van der Waals surface area contributed by atoms with E-state index in [1.54, 1.807) is 29.6 Å². The lowest BCUT2D eigenvalue weighted by atomic mass is 10.1. The minimum atomic E-state index is -0.324. The Kier molecular flexibility index (Phi) is 5.24. The summed E-state index contributed by atoms with van der Waals surface area (Å²) >= 11 is 6.30. The van der Waals surface area contributed by atoms with Gasteiger partial charge in [0.1, 0.15) is 0 Å². The highest BCUT2D eigenvalue weighted by Gasteiger charge is 2.10. The van der Waals surface area contributed by atoms with E-state index in [1.807, 2.05) is 19.9 Å². The fourth-order valence-corrected chi connectivity index (χ4v) is 2.66. The lowest BCUT2D eigenvalue weighted by Gasteiger charge is -2.11. The van der Waals surface area contributed by atoms with Crippen LogP contribution in [-0.4, -0.2) is 16.9 Å². The third-order valence-corrected chi connectivity index (χ3v) is 3.82. The molecule has 5 nitrogen and oxygen atoms in total. The zero-order chi connectivity index (χ0) is 16.1. The van der Waals surface area contributed by atoms with Gasteiger partial charge in [-0.1, -0.05) is 23.3 Å². The van der Waals surface area contributed by atoms with Crippen LogP contribution in [0.3, 0.4) is 0 Å². The minimum absolute atomic E-state index is 0.0362. The Morgan fingerprint density at radius 3 is 2.32 bits per heavy atom. The number of carbonyl (C=O) groups excluding carboxylic acids is 2. The average Bonchev–Trinajstić information content (AvgIpc) is 2.98. The Labute approximate surface area is 137 Å². The smallest absolute Gasteiger partial charge is 0.279 e. The molecule has 0 spiro atoms. The number of thiocarbonyl (C=S) groups is 1. The van der Waals surface area contributed by atoms with Crippen molar-refractivity contribution in [3.63, 3.8) is 0 Å². The van der Waals surface area contributed by atoms with E-state index in [0.717, 1.165) is 11.1 Å². The van der Waals surface area contributed by atoms with Gasteiger partial charge in [-0.05, 0) is 49.6 Å². The number of carbonyl (C=O) groups is 2. The van der Waals surface area contributed by atoms with E-state index in [0.29, 0.717) is 10.4 Å². The molecule has 0 atom stereocenters. The number of hydrogen-bond donors (Lipinski definition) is 3. The number of benzene rings is 1. The van der Waals surface area contributed by atoms with Gasteiger partial charge in [0.25, 0.3) is 11.8 Å². The van der Waals surface area contributed by atoms with Crippen LogP contribution in [0.2, 0.25) is 0 Å². The maximum atomic E-state index is 12.1. The number of rotatable bonds is 2. The van der Waals surface area contributed by atoms with Crippen LogP contribution in [-0.2, 0) is 0 Å². The molecule has 2 amide bonds. The average molecular weight is 333 g/mol. The van der Waals surface area contributed by atoms with Crippen molar-refractivity contribution in [2.45, 2.75) is 13.8 Å². The second kappa shape index (κ2) is 7.15. The van der Waals surface area contributed by atoms with Crippen LogP contribution in [0.1, 0.15) is 31.2 Å². The summed E-state index contributed by atoms with van der Waals surface area (Å²) in [7, 11) is 0. The third kappa shape index (κ3) is 4.37. The second-order valence-corrected chi connectivity index (χ2v) is 6.07. The lowest BCUT2D eigenvalue weighted by molar-refractivity contribution is 0.0938. The van der Waals surface area contributed by atoms with Crippen molar-refractivity contribution in [1.29, 1.82) is 0 Å². The van der Waals surface area contributed by atoms with Crippen LogP contribution >= 0.6 is 23.6 Å². The largest absolute Gasteiger partial charge is 0.298 e. The van der Waals surface area contributed by atoms with Gasteiger partial charge in [-0.25, -0.2) is 0 Å². The summed E-state index contributed by atoms with van der Waals surface area (Å²) in [5.41, 5.74) is 7.45. The van der Waals surface area contributed by atoms with Crippen LogP contribution in [0.25, 0.3) is 0 Å². The Morgan fingerprint density at radius 1 is 1.05 bits per heavy atom. The molecule has 0 unspecified atom stereocenters. The van der Waals surface area contributed by atoms with Crippen molar-refractivity contribution in [2.24, 2.45) is 0 Å². The summed E-state index contributed by atoms with van der Waals surface area (Å²) in [6.45, 7) is 3.84. The molecule has 0 radical (unpaired) electrons. The molecular weight excluding hydrogens is 318 g/mol. The number of thiophene rings is 1. The van der Waals surface area contributed by atoms with Crippen molar-refractivity contribution in [2.75, 3.05) is 0 Å². The van der Waals surface area contributed by atoms with Crippen LogP contribution in [0.4, 0.5) is 0 Å². The van der Waals surface area contributed by atoms with Gasteiger partial charge in [0.2, 0.25) is 0 Å². The maximum absolute atomic E-state index is 12.1. The standard InChI is InChI=1S/C15H15N3O2S2/c1-9-6-10(2)8-11(7-9)13(19)16-15(21)18-17-14(20)12-4-3-5-22-12/h3-8H,1-2H3,(H,17,20)(H2,16,18,19,21). The Morgan fingerprint density at radius 2 is 1.73 bits per heavy atom. The highest BCUT2D eigenvalue weighted by Crippen LogP contribution is 2.09. The molecular formula is C15H15N3O2S2. The molecule has 2 rings (SSSR count). The first-order valence-corrected chi connectivity index (χ1v) is 7.78. The fourth-order valence-electron chi connectivity index (χ4n) is 1.90. The summed E-state index contributed by atoms with van der Waals surface area (Å²) in [6, 6.07) is 9.00. The Balaban J connectivity index is 1.89. The summed E-state index contributed by atoms with van der Waals surface area (Å²) in [4.78, 5) is 24.4. The number of hydrazine groups is 1. The zero-order valence-electron chi connectivity index (χ0n) is 12.1. The first kappa shape index (κ1) is 16.1. The first-order valence-electron chi connectivity index (χ1n) is 6.49. The summed E-state index contributed by atoms with van der Waals surface area (Å²) in [5, 5.41) is 4.36. The topological polar surface area (TPSA) is 70.2 Å². The SMILES string of the molecule is Cc1cc(C)cc(C(=O)NC(=S)NNC(=O)c2cccs2)c1. The molecule has 1 aromatic carbocycles. The molecule has 0 aliphatic carbocycles. The zero-order valence-corrected chi connectivity index (χ0v) is 13.7. The maximum Gasteiger partial charge on any atom is 0.279 e. The van der Waals surface area contributed by atoms with E-state index in [-0.39, 0.29) is 16.9 Å². The molecule has 0 aliphatic rings. The van der Waals surface area contributed by atoms with Gasteiger partial charge in [0.15, 0.2) is 5.11 Å². The van der Waals surface area contributed by atoms with Crippen molar-refractivity contribution in [3.05, 3.63) is 57.3 Å². The molecule has 3 N–H and O–H groups in total. The van der Waals surface area contributed by atoms with E-state index >= 15 is 0 Å². The van der Waals surface area contributed by atoms with E-state index in [4.69, 9.17) is 12.2 Å². The van der Waals surface area contributed by atoms with Crippen molar-refractivity contribution in [1.82, 2.24) is 16.2 Å². The number of nitrogens with one attached hydrogen (secondary N) is 3. The summed E-state index contributed by atoms with van der Waals surface area (Å²) in [6.07, 6.45) is 0. The van der Waals surface area contributed by atoms with Gasteiger partial charge in [0.05, 0.1) is 4.88 Å².